The molecule has 2 aromatic rings. The molecule has 0 spiro atoms. The van der Waals surface area contributed by atoms with E-state index in [9.17, 15) is 9.18 Å². The first-order valence-corrected chi connectivity index (χ1v) is 6.70. The van der Waals surface area contributed by atoms with Crippen molar-refractivity contribution in [1.29, 1.82) is 0 Å². The fourth-order valence-corrected chi connectivity index (χ4v) is 1.89. The number of nitrogens with zero attached hydrogens (tertiary/aromatic N) is 2. The van der Waals surface area contributed by atoms with Crippen LogP contribution in [-0.4, -0.2) is 36.0 Å². The molecule has 0 fully saturated rings. The Morgan fingerprint density at radius 2 is 2.19 bits per heavy atom. The number of hydrogen-bond donors (Lipinski definition) is 0. The van der Waals surface area contributed by atoms with Gasteiger partial charge in [-0.25, -0.2) is 4.98 Å². The largest absolute Gasteiger partial charge is 0.492 e. The summed E-state index contributed by atoms with van der Waals surface area (Å²) in [4.78, 5) is 16.9. The third-order valence-corrected chi connectivity index (χ3v) is 3.06. The van der Waals surface area contributed by atoms with Gasteiger partial charge in [0, 0.05) is 18.3 Å². The summed E-state index contributed by atoms with van der Waals surface area (Å²) >= 11 is 5.84. The van der Waals surface area contributed by atoms with E-state index in [-0.39, 0.29) is 12.2 Å². The molecule has 0 aliphatic heterocycles. The van der Waals surface area contributed by atoms with Gasteiger partial charge in [0.1, 0.15) is 12.4 Å². The van der Waals surface area contributed by atoms with E-state index in [1.54, 1.807) is 31.3 Å². The zero-order valence-electron chi connectivity index (χ0n) is 11.4. The molecule has 110 valence electrons. The first-order chi connectivity index (χ1) is 10.1. The maximum Gasteiger partial charge on any atom is 0.258 e. The molecule has 0 N–H and O–H groups in total. The van der Waals surface area contributed by atoms with Crippen molar-refractivity contribution in [2.75, 3.05) is 20.2 Å². The van der Waals surface area contributed by atoms with Crippen LogP contribution in [0.15, 0.2) is 42.6 Å². The lowest BCUT2D eigenvalue weighted by molar-refractivity contribution is 0.0768. The number of pyridine rings is 1. The number of likely N-dealkylation sites (N-methyl/N-ethyl adjacent to an activating group) is 1. The second-order valence-electron chi connectivity index (χ2n) is 4.37. The molecular formula is C15H14ClFN2O2. The first-order valence-electron chi connectivity index (χ1n) is 6.32. The second kappa shape index (κ2) is 7.04. The highest BCUT2D eigenvalue weighted by Crippen LogP contribution is 2.17. The van der Waals surface area contributed by atoms with Crippen molar-refractivity contribution in [2.24, 2.45) is 0 Å². The fourth-order valence-electron chi connectivity index (χ4n) is 1.71. The predicted octanol–water partition coefficient (Wildman–Crippen LogP) is 3.03. The minimum atomic E-state index is -0.773. The van der Waals surface area contributed by atoms with Crippen LogP contribution in [0.2, 0.25) is 5.02 Å². The summed E-state index contributed by atoms with van der Waals surface area (Å²) in [6, 6.07) is 9.90. The van der Waals surface area contributed by atoms with Crippen molar-refractivity contribution in [3.05, 3.63) is 59.1 Å². The molecule has 1 heterocycles. The Bertz CT molecular complexity index is 637. The minimum absolute atomic E-state index is 0.0530. The fraction of sp³-hybridized carbons (Fsp3) is 0.200. The number of carbonyl (C=O) groups excluding carboxylic acids is 1. The molecule has 0 radical (unpaired) electrons. The molecule has 0 atom stereocenters. The number of ether oxygens (including phenoxy) is 1. The molecule has 1 aromatic heterocycles. The molecular weight excluding hydrogens is 295 g/mol. The molecule has 2 rings (SSSR count). The van der Waals surface area contributed by atoms with E-state index >= 15 is 0 Å². The molecule has 0 saturated heterocycles. The van der Waals surface area contributed by atoms with Gasteiger partial charge < -0.3 is 9.64 Å². The Kier molecular flexibility index (Phi) is 5.11. The lowest BCUT2D eigenvalue weighted by Crippen LogP contribution is -2.31. The van der Waals surface area contributed by atoms with Crippen molar-refractivity contribution in [3.8, 4) is 5.75 Å². The molecule has 21 heavy (non-hydrogen) atoms. The molecule has 1 amide bonds. The maximum atomic E-state index is 13.4. The van der Waals surface area contributed by atoms with Gasteiger partial charge in [0.05, 0.1) is 12.1 Å². The van der Waals surface area contributed by atoms with Crippen LogP contribution in [0, 0.1) is 5.95 Å². The van der Waals surface area contributed by atoms with Crippen LogP contribution < -0.4 is 4.74 Å². The van der Waals surface area contributed by atoms with Crippen molar-refractivity contribution in [2.45, 2.75) is 0 Å². The highest BCUT2D eigenvalue weighted by Gasteiger charge is 2.16. The number of rotatable bonds is 5. The van der Waals surface area contributed by atoms with Crippen molar-refractivity contribution in [3.63, 3.8) is 0 Å². The number of aromatic nitrogens is 1. The van der Waals surface area contributed by atoms with E-state index in [2.05, 4.69) is 4.98 Å². The van der Waals surface area contributed by atoms with Crippen LogP contribution in [0.1, 0.15) is 10.4 Å². The summed E-state index contributed by atoms with van der Waals surface area (Å²) in [7, 11) is 1.58. The van der Waals surface area contributed by atoms with Gasteiger partial charge in [0.15, 0.2) is 0 Å². The number of halogens is 2. The summed E-state index contributed by atoms with van der Waals surface area (Å²) in [6.07, 6.45) is 1.30. The van der Waals surface area contributed by atoms with E-state index in [0.717, 1.165) is 0 Å². The smallest absolute Gasteiger partial charge is 0.258 e. The topological polar surface area (TPSA) is 42.4 Å². The Morgan fingerprint density at radius 3 is 2.90 bits per heavy atom. The van der Waals surface area contributed by atoms with Crippen LogP contribution in [0.5, 0.6) is 5.75 Å². The third-order valence-electron chi connectivity index (χ3n) is 2.83. The maximum absolute atomic E-state index is 13.4. The molecule has 0 bridgehead atoms. The molecule has 6 heteroatoms. The van der Waals surface area contributed by atoms with Crippen molar-refractivity contribution >= 4 is 17.5 Å². The number of hydrogen-bond acceptors (Lipinski definition) is 3. The number of carbonyl (C=O) groups is 1. The summed E-state index contributed by atoms with van der Waals surface area (Å²) in [5.41, 5.74) is -0.0530. The number of amides is 1. The summed E-state index contributed by atoms with van der Waals surface area (Å²) in [5.74, 6) is -0.587. The molecule has 0 unspecified atom stereocenters. The Morgan fingerprint density at radius 1 is 1.38 bits per heavy atom. The Hall–Kier alpha value is -2.14. The Labute approximate surface area is 127 Å². The average molecular weight is 309 g/mol. The Balaban J connectivity index is 1.89. The average Bonchev–Trinajstić information content (AvgIpc) is 2.47. The van der Waals surface area contributed by atoms with Crippen LogP contribution in [0.4, 0.5) is 4.39 Å². The summed E-state index contributed by atoms with van der Waals surface area (Å²) in [6.45, 7) is 0.601. The standard InChI is InChI=1S/C15H14ClFN2O2/c1-19(15(20)13-6-3-7-18-14(13)17)8-9-21-12-5-2-4-11(16)10-12/h2-7,10H,8-9H2,1H3. The van der Waals surface area contributed by atoms with Gasteiger partial charge in [-0.2, -0.15) is 4.39 Å². The van der Waals surface area contributed by atoms with E-state index in [4.69, 9.17) is 16.3 Å². The SMILES string of the molecule is CN(CCOc1cccc(Cl)c1)C(=O)c1cccnc1F. The third kappa shape index (κ3) is 4.16. The van der Waals surface area contributed by atoms with E-state index < -0.39 is 11.9 Å². The van der Waals surface area contributed by atoms with Gasteiger partial charge >= 0.3 is 0 Å². The highest BCUT2D eigenvalue weighted by atomic mass is 35.5. The molecule has 0 aliphatic carbocycles. The van der Waals surface area contributed by atoms with Gasteiger partial charge in [0.2, 0.25) is 5.95 Å². The van der Waals surface area contributed by atoms with E-state index in [1.165, 1.54) is 23.2 Å². The summed E-state index contributed by atoms with van der Waals surface area (Å²) < 4.78 is 18.9. The van der Waals surface area contributed by atoms with Crippen LogP contribution in [-0.2, 0) is 0 Å². The highest BCUT2D eigenvalue weighted by molar-refractivity contribution is 6.30. The van der Waals surface area contributed by atoms with Gasteiger partial charge in [-0.1, -0.05) is 17.7 Å². The molecule has 0 saturated carbocycles. The number of benzene rings is 1. The lowest BCUT2D eigenvalue weighted by Gasteiger charge is -2.17. The van der Waals surface area contributed by atoms with Gasteiger partial charge in [-0.15, -0.1) is 0 Å². The normalized spacial score (nSPS) is 10.2. The molecule has 0 aliphatic rings. The zero-order valence-corrected chi connectivity index (χ0v) is 12.2. The van der Waals surface area contributed by atoms with Crippen LogP contribution >= 0.6 is 11.6 Å². The second-order valence-corrected chi connectivity index (χ2v) is 4.81. The van der Waals surface area contributed by atoms with Gasteiger partial charge in [0.25, 0.3) is 5.91 Å². The molecule has 4 nitrogen and oxygen atoms in total. The van der Waals surface area contributed by atoms with Crippen molar-refractivity contribution in [1.82, 2.24) is 9.88 Å². The molecule has 1 aromatic carbocycles. The van der Waals surface area contributed by atoms with Crippen LogP contribution in [0.3, 0.4) is 0 Å². The predicted molar refractivity (Wildman–Crippen MR) is 78.1 cm³/mol. The van der Waals surface area contributed by atoms with Crippen LogP contribution in [0.25, 0.3) is 0 Å². The monoisotopic (exact) mass is 308 g/mol. The van der Waals surface area contributed by atoms with Crippen molar-refractivity contribution < 1.29 is 13.9 Å². The van der Waals surface area contributed by atoms with Gasteiger partial charge in [-0.05, 0) is 30.3 Å². The first kappa shape index (κ1) is 15.3. The minimum Gasteiger partial charge on any atom is -0.492 e. The van der Waals surface area contributed by atoms with E-state index in [0.29, 0.717) is 17.3 Å². The van der Waals surface area contributed by atoms with Gasteiger partial charge in [-0.3, -0.25) is 4.79 Å². The lowest BCUT2D eigenvalue weighted by atomic mass is 10.2. The van der Waals surface area contributed by atoms with E-state index in [1.807, 2.05) is 0 Å². The zero-order chi connectivity index (χ0) is 15.2. The quantitative estimate of drug-likeness (QED) is 0.797. The summed E-state index contributed by atoms with van der Waals surface area (Å²) in [5, 5.41) is 0.578.